The third-order valence-electron chi connectivity index (χ3n) is 3.47. The van der Waals surface area contributed by atoms with Crippen molar-refractivity contribution in [2.45, 2.75) is 13.0 Å². The first-order valence-corrected chi connectivity index (χ1v) is 8.52. The average molecular weight is 363 g/mol. The lowest BCUT2D eigenvalue weighted by Crippen LogP contribution is -2.31. The second-order valence-electron chi connectivity index (χ2n) is 5.49. The maximum atomic E-state index is 11.7. The fourth-order valence-corrected chi connectivity index (χ4v) is 2.23. The maximum absolute atomic E-state index is 11.7. The number of hydrogen-bond donors (Lipinski definition) is 2. The smallest absolute Gasteiger partial charge is 0.239 e. The molecule has 0 fully saturated rings. The van der Waals surface area contributed by atoms with Crippen molar-refractivity contribution in [3.63, 3.8) is 0 Å². The predicted molar refractivity (Wildman–Crippen MR) is 100 cm³/mol. The lowest BCUT2D eigenvalue weighted by Gasteiger charge is -2.10. The van der Waals surface area contributed by atoms with E-state index in [-0.39, 0.29) is 12.5 Å². The Labute approximate surface area is 153 Å². The van der Waals surface area contributed by atoms with Gasteiger partial charge in [-0.2, -0.15) is 0 Å². The Morgan fingerprint density at radius 3 is 2.48 bits per heavy atom. The van der Waals surface area contributed by atoms with Crippen LogP contribution in [-0.4, -0.2) is 32.7 Å². The fourth-order valence-electron chi connectivity index (χ4n) is 2.11. The number of rotatable bonds is 10. The number of methoxy groups -OCH3 is 1. The van der Waals surface area contributed by atoms with Gasteiger partial charge in [0.1, 0.15) is 12.4 Å². The van der Waals surface area contributed by atoms with Gasteiger partial charge >= 0.3 is 0 Å². The molecular formula is C19H23ClN2O3. The zero-order valence-corrected chi connectivity index (χ0v) is 15.0. The van der Waals surface area contributed by atoms with Crippen molar-refractivity contribution in [3.05, 3.63) is 59.1 Å². The highest BCUT2D eigenvalue weighted by atomic mass is 35.5. The summed E-state index contributed by atoms with van der Waals surface area (Å²) in [5.74, 6) is 0.726. The van der Waals surface area contributed by atoms with E-state index in [1.54, 1.807) is 7.11 Å². The molecule has 0 aliphatic heterocycles. The van der Waals surface area contributed by atoms with Crippen LogP contribution in [-0.2, 0) is 16.1 Å². The molecule has 6 heteroatoms. The molecular weight excluding hydrogens is 340 g/mol. The number of nitrogens with one attached hydrogen (secondary N) is 2. The van der Waals surface area contributed by atoms with Crippen LogP contribution in [0.1, 0.15) is 12.0 Å². The highest BCUT2D eigenvalue weighted by Crippen LogP contribution is 2.17. The summed E-state index contributed by atoms with van der Waals surface area (Å²) in [4.78, 5) is 11.7. The summed E-state index contributed by atoms with van der Waals surface area (Å²) in [6.07, 6.45) is 0.807. The minimum Gasteiger partial charge on any atom is -0.489 e. The van der Waals surface area contributed by atoms with E-state index in [0.717, 1.165) is 23.4 Å². The summed E-state index contributed by atoms with van der Waals surface area (Å²) >= 11 is 5.86. The molecule has 0 aliphatic rings. The van der Waals surface area contributed by atoms with Crippen molar-refractivity contribution in [1.29, 1.82) is 0 Å². The first-order chi connectivity index (χ1) is 12.2. The molecule has 2 N–H and O–H groups in total. The third-order valence-corrected chi connectivity index (χ3v) is 3.73. The third kappa shape index (κ3) is 7.45. The molecule has 2 aromatic rings. The van der Waals surface area contributed by atoms with Crippen LogP contribution >= 0.6 is 11.6 Å². The molecule has 0 saturated carbocycles. The van der Waals surface area contributed by atoms with Crippen LogP contribution in [0.4, 0.5) is 5.69 Å². The Balaban J connectivity index is 1.70. The van der Waals surface area contributed by atoms with Crippen LogP contribution in [0.15, 0.2) is 48.5 Å². The van der Waals surface area contributed by atoms with Crippen LogP contribution in [0.5, 0.6) is 5.75 Å². The lowest BCUT2D eigenvalue weighted by molar-refractivity contribution is -0.119. The number of carbonyl (C=O) groups excluding carboxylic acids is 1. The normalized spacial score (nSPS) is 10.3. The van der Waals surface area contributed by atoms with Gasteiger partial charge in [-0.1, -0.05) is 23.7 Å². The summed E-state index contributed by atoms with van der Waals surface area (Å²) in [5.41, 5.74) is 1.92. The number of hydrogen-bond acceptors (Lipinski definition) is 4. The monoisotopic (exact) mass is 362 g/mol. The van der Waals surface area contributed by atoms with E-state index in [0.29, 0.717) is 24.8 Å². The van der Waals surface area contributed by atoms with Gasteiger partial charge in [-0.25, -0.2) is 0 Å². The molecule has 2 aromatic carbocycles. The first-order valence-electron chi connectivity index (χ1n) is 8.14. The average Bonchev–Trinajstić information content (AvgIpc) is 2.64. The molecule has 0 aromatic heterocycles. The standard InChI is InChI=1S/C19H23ClN2O3/c1-24-12-2-11-21-19(23)13-22-17-7-9-18(10-8-17)25-14-15-3-5-16(20)6-4-15/h3-10,22H,2,11-14H2,1H3,(H,21,23). The Hall–Kier alpha value is -2.24. The Morgan fingerprint density at radius 2 is 1.80 bits per heavy atom. The van der Waals surface area contributed by atoms with Gasteiger partial charge in [0, 0.05) is 31.0 Å². The fraction of sp³-hybridized carbons (Fsp3) is 0.316. The van der Waals surface area contributed by atoms with Gasteiger partial charge in [-0.15, -0.1) is 0 Å². The van der Waals surface area contributed by atoms with Gasteiger partial charge in [0.05, 0.1) is 6.54 Å². The van der Waals surface area contributed by atoms with E-state index in [2.05, 4.69) is 10.6 Å². The second-order valence-corrected chi connectivity index (χ2v) is 5.93. The van der Waals surface area contributed by atoms with E-state index in [9.17, 15) is 4.79 Å². The largest absolute Gasteiger partial charge is 0.489 e. The number of benzene rings is 2. The van der Waals surface area contributed by atoms with Crippen LogP contribution in [0.2, 0.25) is 5.02 Å². The highest BCUT2D eigenvalue weighted by Gasteiger charge is 2.01. The minimum absolute atomic E-state index is 0.0424. The molecule has 0 saturated heterocycles. The van der Waals surface area contributed by atoms with Gasteiger partial charge in [0.2, 0.25) is 5.91 Å². The second kappa shape index (κ2) is 10.6. The molecule has 5 nitrogen and oxygen atoms in total. The van der Waals surface area contributed by atoms with E-state index in [1.807, 2.05) is 48.5 Å². The van der Waals surface area contributed by atoms with Crippen molar-refractivity contribution in [2.24, 2.45) is 0 Å². The molecule has 0 bridgehead atoms. The number of amides is 1. The van der Waals surface area contributed by atoms with Gasteiger partial charge in [-0.05, 0) is 48.4 Å². The number of anilines is 1. The number of ether oxygens (including phenoxy) is 2. The van der Waals surface area contributed by atoms with E-state index < -0.39 is 0 Å². The van der Waals surface area contributed by atoms with Gasteiger partial charge in [0.25, 0.3) is 0 Å². The molecule has 0 atom stereocenters. The highest BCUT2D eigenvalue weighted by molar-refractivity contribution is 6.30. The molecule has 0 unspecified atom stereocenters. The van der Waals surface area contributed by atoms with E-state index in [1.165, 1.54) is 0 Å². The van der Waals surface area contributed by atoms with Crippen molar-refractivity contribution in [2.75, 3.05) is 32.1 Å². The number of carbonyl (C=O) groups is 1. The maximum Gasteiger partial charge on any atom is 0.239 e. The first kappa shape index (κ1) is 19.1. The summed E-state index contributed by atoms with van der Waals surface area (Å²) in [6.45, 7) is 1.98. The topological polar surface area (TPSA) is 59.6 Å². The van der Waals surface area contributed by atoms with Crippen LogP contribution in [0.25, 0.3) is 0 Å². The molecule has 2 rings (SSSR count). The van der Waals surface area contributed by atoms with E-state index in [4.69, 9.17) is 21.1 Å². The molecule has 0 aliphatic carbocycles. The molecule has 0 heterocycles. The zero-order chi connectivity index (χ0) is 17.9. The lowest BCUT2D eigenvalue weighted by atomic mass is 10.2. The van der Waals surface area contributed by atoms with Crippen molar-refractivity contribution in [1.82, 2.24) is 5.32 Å². The Bertz CT molecular complexity index is 645. The molecule has 0 spiro atoms. The summed E-state index contributed by atoms with van der Waals surface area (Å²) < 4.78 is 10.7. The molecule has 0 radical (unpaired) electrons. The van der Waals surface area contributed by atoms with Crippen LogP contribution in [0, 0.1) is 0 Å². The zero-order valence-electron chi connectivity index (χ0n) is 14.3. The molecule has 1 amide bonds. The van der Waals surface area contributed by atoms with E-state index >= 15 is 0 Å². The van der Waals surface area contributed by atoms with Crippen molar-refractivity contribution < 1.29 is 14.3 Å². The summed E-state index contributed by atoms with van der Waals surface area (Å²) in [6, 6.07) is 15.1. The Kier molecular flexibility index (Phi) is 8.09. The van der Waals surface area contributed by atoms with Gasteiger partial charge in [0.15, 0.2) is 0 Å². The summed E-state index contributed by atoms with van der Waals surface area (Å²) in [5, 5.41) is 6.62. The number of halogens is 1. The predicted octanol–water partition coefficient (Wildman–Crippen LogP) is 3.48. The van der Waals surface area contributed by atoms with Crippen molar-refractivity contribution >= 4 is 23.2 Å². The minimum atomic E-state index is -0.0424. The van der Waals surface area contributed by atoms with Crippen molar-refractivity contribution in [3.8, 4) is 5.75 Å². The van der Waals surface area contributed by atoms with Crippen LogP contribution in [0.3, 0.4) is 0 Å². The van der Waals surface area contributed by atoms with Gasteiger partial charge in [-0.3, -0.25) is 4.79 Å². The molecule has 25 heavy (non-hydrogen) atoms. The Morgan fingerprint density at radius 1 is 1.08 bits per heavy atom. The summed E-state index contributed by atoms with van der Waals surface area (Å²) in [7, 11) is 1.65. The SMILES string of the molecule is COCCCNC(=O)CNc1ccc(OCc2ccc(Cl)cc2)cc1. The molecule has 134 valence electrons. The van der Waals surface area contributed by atoms with Gasteiger partial charge < -0.3 is 20.1 Å². The van der Waals surface area contributed by atoms with Crippen LogP contribution < -0.4 is 15.4 Å². The quantitative estimate of drug-likeness (QED) is 0.635.